The zero-order valence-corrected chi connectivity index (χ0v) is 22.6. The topological polar surface area (TPSA) is 51.6 Å². The molecule has 0 spiro atoms. The van der Waals surface area contributed by atoms with Crippen molar-refractivity contribution in [3.8, 4) is 17.2 Å². The van der Waals surface area contributed by atoms with E-state index in [0.29, 0.717) is 5.11 Å². The molecule has 4 aromatic rings. The van der Waals surface area contributed by atoms with Crippen LogP contribution in [0.5, 0.6) is 11.5 Å². The molecule has 2 aromatic carbocycles. The van der Waals surface area contributed by atoms with E-state index in [9.17, 15) is 0 Å². The Kier molecular flexibility index (Phi) is 5.73. The third-order valence-corrected chi connectivity index (χ3v) is 8.13. The lowest BCUT2D eigenvalue weighted by Crippen LogP contribution is -2.29. The molecule has 182 valence electrons. The second-order valence-corrected chi connectivity index (χ2v) is 10.4. The van der Waals surface area contributed by atoms with E-state index in [1.807, 2.05) is 30.5 Å². The number of hydrogen-bond donors (Lipinski definition) is 1. The van der Waals surface area contributed by atoms with E-state index in [0.717, 1.165) is 50.0 Å². The van der Waals surface area contributed by atoms with Crippen LogP contribution in [-0.4, -0.2) is 21.5 Å². The van der Waals surface area contributed by atoms with Gasteiger partial charge in [-0.1, -0.05) is 22.0 Å². The van der Waals surface area contributed by atoms with Crippen LogP contribution in [0.25, 0.3) is 5.69 Å². The van der Waals surface area contributed by atoms with Gasteiger partial charge in [0.15, 0.2) is 16.6 Å². The standard InChI is InChI=1S/C28H25BrN4O2S/c1-16-12-19(7-9-22(16)29)33-27(26(31-28(33)36)23-6-4-5-11-30-23)21-13-17(2)32(18(21)3)20-8-10-24-25(14-20)35-15-34-24/h4-14,26-27H,15H2,1-3H3,(H,31,36)/t26-,27+/m1/s1. The van der Waals surface area contributed by atoms with Crippen LogP contribution in [0.15, 0.2) is 71.3 Å². The van der Waals surface area contributed by atoms with Crippen molar-refractivity contribution in [2.45, 2.75) is 32.9 Å². The number of nitrogens with zero attached hydrogens (tertiary/aromatic N) is 3. The molecule has 6 nitrogen and oxygen atoms in total. The van der Waals surface area contributed by atoms with Crippen molar-refractivity contribution < 1.29 is 9.47 Å². The molecule has 0 radical (unpaired) electrons. The van der Waals surface area contributed by atoms with Crippen LogP contribution >= 0.6 is 28.1 Å². The highest BCUT2D eigenvalue weighted by Gasteiger charge is 2.42. The molecule has 4 heterocycles. The Morgan fingerprint density at radius 3 is 2.56 bits per heavy atom. The van der Waals surface area contributed by atoms with E-state index in [2.05, 4.69) is 87.9 Å². The third-order valence-electron chi connectivity index (χ3n) is 6.92. The van der Waals surface area contributed by atoms with E-state index < -0.39 is 0 Å². The van der Waals surface area contributed by atoms with Gasteiger partial charge < -0.3 is 24.3 Å². The van der Waals surface area contributed by atoms with E-state index in [1.165, 1.54) is 5.56 Å². The highest BCUT2D eigenvalue weighted by molar-refractivity contribution is 9.10. The van der Waals surface area contributed by atoms with E-state index in [1.54, 1.807) is 0 Å². The largest absolute Gasteiger partial charge is 0.454 e. The number of rotatable bonds is 4. The third kappa shape index (κ3) is 3.76. The van der Waals surface area contributed by atoms with Crippen LogP contribution in [0.4, 0.5) is 5.69 Å². The Bertz CT molecular complexity index is 1490. The number of hydrogen-bond acceptors (Lipinski definition) is 4. The number of halogens is 1. The lowest BCUT2D eigenvalue weighted by Gasteiger charge is -2.28. The average molecular weight is 562 g/mol. The quantitative estimate of drug-likeness (QED) is 0.289. The predicted octanol–water partition coefficient (Wildman–Crippen LogP) is 6.47. The van der Waals surface area contributed by atoms with Gasteiger partial charge in [-0.2, -0.15) is 0 Å². The summed E-state index contributed by atoms with van der Waals surface area (Å²) in [5, 5.41) is 4.25. The number of fused-ring (bicyclic) bond motifs is 1. The SMILES string of the molecule is Cc1cc(N2C(=S)N[C@H](c3ccccn3)[C@@H]2c2cc(C)n(-c3ccc4c(c3)OCO4)c2C)ccc1Br. The fraction of sp³-hybridized carbons (Fsp3) is 0.214. The molecule has 2 aromatic heterocycles. The maximum Gasteiger partial charge on any atom is 0.231 e. The fourth-order valence-electron chi connectivity index (χ4n) is 5.24. The first-order valence-electron chi connectivity index (χ1n) is 11.8. The lowest BCUT2D eigenvalue weighted by molar-refractivity contribution is 0.174. The van der Waals surface area contributed by atoms with E-state index in [-0.39, 0.29) is 18.9 Å². The van der Waals surface area contributed by atoms with Crippen molar-refractivity contribution in [2.24, 2.45) is 0 Å². The predicted molar refractivity (Wildman–Crippen MR) is 148 cm³/mol. The minimum atomic E-state index is -0.103. The minimum Gasteiger partial charge on any atom is -0.454 e. The van der Waals surface area contributed by atoms with Gasteiger partial charge in [-0.05, 0) is 92.6 Å². The molecule has 6 rings (SSSR count). The van der Waals surface area contributed by atoms with Gasteiger partial charge in [0.1, 0.15) is 0 Å². The molecule has 2 atom stereocenters. The van der Waals surface area contributed by atoms with Crippen LogP contribution in [0.1, 0.15) is 40.3 Å². The number of pyridine rings is 1. The van der Waals surface area contributed by atoms with Gasteiger partial charge in [-0.25, -0.2) is 0 Å². The first-order chi connectivity index (χ1) is 17.4. The smallest absolute Gasteiger partial charge is 0.231 e. The minimum absolute atomic E-state index is 0.0815. The number of nitrogens with one attached hydrogen (secondary N) is 1. The summed E-state index contributed by atoms with van der Waals surface area (Å²) in [5.41, 5.74) is 7.65. The Hall–Kier alpha value is -3.36. The molecular formula is C28H25BrN4O2S. The second-order valence-electron chi connectivity index (χ2n) is 9.13. The normalized spacial score (nSPS) is 18.6. The number of ether oxygens (including phenoxy) is 2. The van der Waals surface area contributed by atoms with Crippen molar-refractivity contribution >= 4 is 38.9 Å². The average Bonchev–Trinajstić information content (AvgIpc) is 3.56. The molecule has 1 saturated heterocycles. The van der Waals surface area contributed by atoms with Crippen molar-refractivity contribution in [1.82, 2.24) is 14.9 Å². The van der Waals surface area contributed by atoms with Gasteiger partial charge in [0.2, 0.25) is 6.79 Å². The molecule has 36 heavy (non-hydrogen) atoms. The highest BCUT2D eigenvalue weighted by Crippen LogP contribution is 2.44. The van der Waals surface area contributed by atoms with Gasteiger partial charge in [0.25, 0.3) is 0 Å². The van der Waals surface area contributed by atoms with Crippen LogP contribution < -0.4 is 19.7 Å². The maximum atomic E-state index is 5.92. The number of benzene rings is 2. The van der Waals surface area contributed by atoms with E-state index >= 15 is 0 Å². The second kappa shape index (κ2) is 8.94. The molecule has 2 aliphatic heterocycles. The van der Waals surface area contributed by atoms with Gasteiger partial charge in [-0.3, -0.25) is 4.98 Å². The molecule has 2 aliphatic rings. The van der Waals surface area contributed by atoms with Gasteiger partial charge in [-0.15, -0.1) is 0 Å². The summed E-state index contributed by atoms with van der Waals surface area (Å²) in [6.07, 6.45) is 1.83. The highest BCUT2D eigenvalue weighted by atomic mass is 79.9. The summed E-state index contributed by atoms with van der Waals surface area (Å²) in [6.45, 7) is 6.64. The number of aryl methyl sites for hydroxylation is 2. The zero-order valence-electron chi connectivity index (χ0n) is 20.2. The number of aromatic nitrogens is 2. The van der Waals surface area contributed by atoms with Gasteiger partial charge in [0, 0.05) is 39.5 Å². The van der Waals surface area contributed by atoms with Crippen LogP contribution in [-0.2, 0) is 0 Å². The first-order valence-corrected chi connectivity index (χ1v) is 13.0. The zero-order chi connectivity index (χ0) is 25.0. The Morgan fingerprint density at radius 2 is 1.78 bits per heavy atom. The fourth-order valence-corrected chi connectivity index (χ4v) is 5.83. The summed E-state index contributed by atoms with van der Waals surface area (Å²) in [7, 11) is 0. The van der Waals surface area contributed by atoms with Crippen molar-refractivity contribution in [3.63, 3.8) is 0 Å². The number of anilines is 1. The maximum absolute atomic E-state index is 5.92. The first kappa shape index (κ1) is 23.1. The molecule has 0 saturated carbocycles. The summed E-state index contributed by atoms with van der Waals surface area (Å²) < 4.78 is 14.5. The molecule has 8 heteroatoms. The summed E-state index contributed by atoms with van der Waals surface area (Å²) in [5.74, 6) is 1.54. The molecule has 0 aliphatic carbocycles. The summed E-state index contributed by atoms with van der Waals surface area (Å²) in [4.78, 5) is 6.92. The molecule has 1 fully saturated rings. The van der Waals surface area contributed by atoms with Gasteiger partial charge >= 0.3 is 0 Å². The van der Waals surface area contributed by atoms with Crippen molar-refractivity contribution in [2.75, 3.05) is 11.7 Å². The Labute approximate surface area is 224 Å². The Morgan fingerprint density at radius 1 is 0.972 bits per heavy atom. The molecule has 0 amide bonds. The Balaban J connectivity index is 1.50. The summed E-state index contributed by atoms with van der Waals surface area (Å²) in [6, 6.07) is 20.5. The van der Waals surface area contributed by atoms with E-state index in [4.69, 9.17) is 26.7 Å². The molecule has 0 unspecified atom stereocenters. The summed E-state index contributed by atoms with van der Waals surface area (Å²) >= 11 is 9.56. The molecular weight excluding hydrogens is 536 g/mol. The number of thiocarbonyl (C=S) groups is 1. The van der Waals surface area contributed by atoms with Crippen LogP contribution in [0, 0.1) is 20.8 Å². The van der Waals surface area contributed by atoms with Crippen molar-refractivity contribution in [3.05, 3.63) is 99.5 Å². The van der Waals surface area contributed by atoms with Crippen LogP contribution in [0.2, 0.25) is 0 Å². The monoisotopic (exact) mass is 560 g/mol. The molecule has 1 N–H and O–H groups in total. The van der Waals surface area contributed by atoms with Crippen LogP contribution in [0.3, 0.4) is 0 Å². The van der Waals surface area contributed by atoms with Gasteiger partial charge in [0.05, 0.1) is 17.8 Å². The lowest BCUT2D eigenvalue weighted by atomic mass is 9.96. The van der Waals surface area contributed by atoms with Crippen molar-refractivity contribution in [1.29, 1.82) is 0 Å². The molecule has 0 bridgehead atoms.